The van der Waals surface area contributed by atoms with Gasteiger partial charge >= 0.3 is 6.36 Å². The molecule has 0 aliphatic heterocycles. The summed E-state index contributed by atoms with van der Waals surface area (Å²) in [6.45, 7) is 0. The Labute approximate surface area is 172 Å². The molecule has 0 atom stereocenters. The summed E-state index contributed by atoms with van der Waals surface area (Å²) in [7, 11) is 1.43. The van der Waals surface area contributed by atoms with Crippen molar-refractivity contribution >= 4 is 16.8 Å². The number of benzene rings is 3. The molecule has 3 aromatic carbocycles. The van der Waals surface area contributed by atoms with Gasteiger partial charge in [-0.05, 0) is 41.5 Å². The van der Waals surface area contributed by atoms with E-state index in [4.69, 9.17) is 9.15 Å². The van der Waals surface area contributed by atoms with Gasteiger partial charge in [0.25, 0.3) is 5.69 Å². The average Bonchev–Trinajstić information content (AvgIpc) is 3.16. The highest BCUT2D eigenvalue weighted by Gasteiger charge is 2.31. The summed E-state index contributed by atoms with van der Waals surface area (Å²) in [6.07, 6.45) is -4.76. The minimum Gasteiger partial charge on any atom is -0.496 e. The fourth-order valence-electron chi connectivity index (χ4n) is 3.05. The highest BCUT2D eigenvalue weighted by atomic mass is 19.4. The summed E-state index contributed by atoms with van der Waals surface area (Å²) in [5, 5.41) is 11.1. The van der Waals surface area contributed by atoms with Crippen LogP contribution in [0.3, 0.4) is 0 Å². The summed E-state index contributed by atoms with van der Waals surface area (Å²) < 4.78 is 51.8. The molecule has 0 aliphatic rings. The third-order valence-corrected chi connectivity index (χ3v) is 4.43. The topological polar surface area (TPSA) is 87.6 Å². The van der Waals surface area contributed by atoms with Crippen LogP contribution in [0.4, 0.5) is 18.9 Å². The van der Waals surface area contributed by atoms with E-state index in [1.165, 1.54) is 49.6 Å². The van der Waals surface area contributed by atoms with Crippen LogP contribution in [-0.4, -0.2) is 23.4 Å². The molecule has 0 amide bonds. The van der Waals surface area contributed by atoms with Crippen LogP contribution in [-0.2, 0) is 0 Å². The molecule has 0 fully saturated rings. The number of ether oxygens (including phenoxy) is 2. The first-order valence-electron chi connectivity index (χ1n) is 8.83. The zero-order valence-corrected chi connectivity index (χ0v) is 15.8. The van der Waals surface area contributed by atoms with Gasteiger partial charge in [-0.25, -0.2) is 4.98 Å². The molecule has 1 aromatic heterocycles. The van der Waals surface area contributed by atoms with Crippen molar-refractivity contribution in [2.24, 2.45) is 0 Å². The van der Waals surface area contributed by atoms with E-state index in [-0.39, 0.29) is 17.3 Å². The Morgan fingerprint density at radius 3 is 2.35 bits per heavy atom. The van der Waals surface area contributed by atoms with Crippen LogP contribution in [0, 0.1) is 10.1 Å². The van der Waals surface area contributed by atoms with Gasteiger partial charge in [-0.1, -0.05) is 18.2 Å². The Bertz CT molecular complexity index is 1270. The number of nitro groups is 1. The van der Waals surface area contributed by atoms with Crippen LogP contribution in [0.2, 0.25) is 0 Å². The maximum atomic E-state index is 12.3. The van der Waals surface area contributed by atoms with Crippen molar-refractivity contribution in [2.45, 2.75) is 6.36 Å². The van der Waals surface area contributed by atoms with E-state index in [2.05, 4.69) is 9.72 Å². The lowest BCUT2D eigenvalue weighted by molar-refractivity contribution is -0.384. The molecule has 10 heteroatoms. The van der Waals surface area contributed by atoms with E-state index in [0.717, 1.165) is 0 Å². The summed E-state index contributed by atoms with van der Waals surface area (Å²) in [6, 6.07) is 14.6. The van der Waals surface area contributed by atoms with E-state index in [1.807, 2.05) is 0 Å². The number of methoxy groups -OCH3 is 1. The summed E-state index contributed by atoms with van der Waals surface area (Å²) in [5.74, 6) is 0.179. The Kier molecular flexibility index (Phi) is 4.97. The number of hydrogen-bond acceptors (Lipinski definition) is 6. The average molecular weight is 430 g/mol. The molecule has 1 heterocycles. The second-order valence-corrected chi connectivity index (χ2v) is 6.42. The number of nitro benzene ring substituents is 1. The molecule has 0 saturated heterocycles. The summed E-state index contributed by atoms with van der Waals surface area (Å²) in [4.78, 5) is 15.0. The van der Waals surface area contributed by atoms with Crippen molar-refractivity contribution in [3.63, 3.8) is 0 Å². The minimum absolute atomic E-state index is 0.139. The van der Waals surface area contributed by atoms with Crippen LogP contribution in [0.25, 0.3) is 33.7 Å². The molecule has 4 aromatic rings. The Morgan fingerprint density at radius 1 is 1.00 bits per heavy atom. The van der Waals surface area contributed by atoms with Gasteiger partial charge in [-0.2, -0.15) is 0 Å². The predicted molar refractivity (Wildman–Crippen MR) is 105 cm³/mol. The third kappa shape index (κ3) is 4.27. The first-order valence-corrected chi connectivity index (χ1v) is 8.83. The molecule has 4 rings (SSSR count). The van der Waals surface area contributed by atoms with Gasteiger partial charge in [-0.15, -0.1) is 13.2 Å². The van der Waals surface area contributed by atoms with Crippen LogP contribution in [0.15, 0.2) is 65.1 Å². The highest BCUT2D eigenvalue weighted by Crippen LogP contribution is 2.35. The second kappa shape index (κ2) is 7.63. The van der Waals surface area contributed by atoms with Crippen LogP contribution in [0.5, 0.6) is 11.5 Å². The molecule has 0 N–H and O–H groups in total. The Balaban J connectivity index is 1.70. The summed E-state index contributed by atoms with van der Waals surface area (Å²) >= 11 is 0. The van der Waals surface area contributed by atoms with E-state index < -0.39 is 11.3 Å². The Hall–Kier alpha value is -4.08. The first kappa shape index (κ1) is 20.2. The van der Waals surface area contributed by atoms with E-state index in [9.17, 15) is 23.3 Å². The zero-order chi connectivity index (χ0) is 22.2. The lowest BCUT2D eigenvalue weighted by Crippen LogP contribution is -2.16. The minimum atomic E-state index is -4.76. The molecule has 0 unspecified atom stereocenters. The van der Waals surface area contributed by atoms with Gasteiger partial charge in [0.15, 0.2) is 5.58 Å². The Morgan fingerprint density at radius 2 is 1.71 bits per heavy atom. The van der Waals surface area contributed by atoms with Crippen molar-refractivity contribution in [2.75, 3.05) is 7.11 Å². The van der Waals surface area contributed by atoms with Crippen LogP contribution >= 0.6 is 0 Å². The lowest BCUT2D eigenvalue weighted by Gasteiger charge is -2.09. The van der Waals surface area contributed by atoms with Crippen molar-refractivity contribution in [3.8, 4) is 34.1 Å². The van der Waals surface area contributed by atoms with Gasteiger partial charge in [0.2, 0.25) is 5.89 Å². The molecule has 158 valence electrons. The standard InChI is InChI=1S/C21H13F3N2O5/c1-29-18-9-5-14(26(27)28)11-16(18)20-25-17-10-13(4-8-19(17)30-20)12-2-6-15(7-3-12)31-21(22,23)24/h2-11H,1H3. The van der Waals surface area contributed by atoms with Crippen molar-refractivity contribution in [1.29, 1.82) is 0 Å². The molecule has 0 spiro atoms. The number of nitrogens with zero attached hydrogens (tertiary/aromatic N) is 2. The molecular weight excluding hydrogens is 417 g/mol. The number of rotatable bonds is 5. The molecule has 31 heavy (non-hydrogen) atoms. The van der Waals surface area contributed by atoms with Crippen molar-refractivity contribution in [1.82, 2.24) is 4.98 Å². The maximum Gasteiger partial charge on any atom is 0.573 e. The van der Waals surface area contributed by atoms with E-state index >= 15 is 0 Å². The van der Waals surface area contributed by atoms with E-state index in [0.29, 0.717) is 33.5 Å². The molecule has 0 bridgehead atoms. The number of halogens is 3. The third-order valence-electron chi connectivity index (χ3n) is 4.43. The maximum absolute atomic E-state index is 12.3. The van der Waals surface area contributed by atoms with Crippen molar-refractivity contribution < 1.29 is 32.0 Å². The van der Waals surface area contributed by atoms with E-state index in [1.54, 1.807) is 18.2 Å². The fraction of sp³-hybridized carbons (Fsp3) is 0.0952. The highest BCUT2D eigenvalue weighted by molar-refractivity contribution is 5.83. The molecule has 0 aliphatic carbocycles. The smallest absolute Gasteiger partial charge is 0.496 e. The van der Waals surface area contributed by atoms with Crippen LogP contribution < -0.4 is 9.47 Å². The number of oxazole rings is 1. The number of aromatic nitrogens is 1. The van der Waals surface area contributed by atoms with Gasteiger partial charge in [0, 0.05) is 12.1 Å². The van der Waals surface area contributed by atoms with Gasteiger partial charge < -0.3 is 13.9 Å². The summed E-state index contributed by atoms with van der Waals surface area (Å²) in [5.41, 5.74) is 2.43. The quantitative estimate of drug-likeness (QED) is 0.286. The zero-order valence-electron chi connectivity index (χ0n) is 15.8. The number of hydrogen-bond donors (Lipinski definition) is 0. The van der Waals surface area contributed by atoms with Crippen molar-refractivity contribution in [3.05, 3.63) is 70.8 Å². The normalized spacial score (nSPS) is 11.5. The molecular formula is C21H13F3N2O5. The SMILES string of the molecule is COc1ccc([N+](=O)[O-])cc1-c1nc2cc(-c3ccc(OC(F)(F)F)cc3)ccc2o1. The fourth-order valence-corrected chi connectivity index (χ4v) is 3.05. The molecule has 7 nitrogen and oxygen atoms in total. The largest absolute Gasteiger partial charge is 0.573 e. The van der Waals surface area contributed by atoms with Gasteiger partial charge in [0.1, 0.15) is 17.0 Å². The number of non-ortho nitro benzene ring substituents is 1. The molecule has 0 saturated carbocycles. The first-order chi connectivity index (χ1) is 14.7. The molecule has 0 radical (unpaired) electrons. The number of fused-ring (bicyclic) bond motifs is 1. The lowest BCUT2D eigenvalue weighted by atomic mass is 10.1. The number of alkyl halides is 3. The second-order valence-electron chi connectivity index (χ2n) is 6.42. The van der Waals surface area contributed by atoms with Gasteiger partial charge in [0.05, 0.1) is 17.6 Å². The van der Waals surface area contributed by atoms with Gasteiger partial charge in [-0.3, -0.25) is 10.1 Å². The predicted octanol–water partition coefficient (Wildman–Crippen LogP) is 5.98. The monoisotopic (exact) mass is 430 g/mol. The van der Waals surface area contributed by atoms with Crippen LogP contribution in [0.1, 0.15) is 0 Å².